The van der Waals surface area contributed by atoms with Crippen LogP contribution in [-0.2, 0) is 11.3 Å². The number of benzene rings is 1. The highest BCUT2D eigenvalue weighted by Gasteiger charge is 2.22. The second-order valence-corrected chi connectivity index (χ2v) is 8.03. The number of carbonyl (C=O) groups excluding carboxylic acids is 1. The summed E-state index contributed by atoms with van der Waals surface area (Å²) >= 11 is 1.40. The van der Waals surface area contributed by atoms with Crippen molar-refractivity contribution < 1.29 is 14.3 Å². The number of aliphatic hydroxyl groups excluding tert-OH is 1. The smallest absolute Gasteiger partial charge is 0.233 e. The Bertz CT molecular complexity index is 937. The number of furan rings is 1. The van der Waals surface area contributed by atoms with E-state index in [1.807, 2.05) is 39.8 Å². The van der Waals surface area contributed by atoms with E-state index in [1.165, 1.54) is 11.8 Å². The van der Waals surface area contributed by atoms with Crippen molar-refractivity contribution in [1.82, 2.24) is 24.6 Å². The Balaban J connectivity index is 1.44. The molecule has 9 heteroatoms. The van der Waals surface area contributed by atoms with Crippen molar-refractivity contribution in [3.63, 3.8) is 0 Å². The molecule has 3 aromatic rings. The summed E-state index contributed by atoms with van der Waals surface area (Å²) in [4.78, 5) is 16.8. The molecule has 8 nitrogen and oxygen atoms in total. The van der Waals surface area contributed by atoms with Gasteiger partial charge in [-0.15, -0.1) is 10.2 Å². The van der Waals surface area contributed by atoms with Crippen LogP contribution in [-0.4, -0.2) is 80.7 Å². The molecule has 1 saturated heterocycles. The van der Waals surface area contributed by atoms with Gasteiger partial charge in [0.15, 0.2) is 10.9 Å². The van der Waals surface area contributed by atoms with Crippen LogP contribution in [0.1, 0.15) is 5.56 Å². The van der Waals surface area contributed by atoms with Crippen molar-refractivity contribution in [3.05, 3.63) is 54.3 Å². The molecule has 0 saturated carbocycles. The first-order chi connectivity index (χ1) is 14.7. The van der Waals surface area contributed by atoms with E-state index in [4.69, 9.17) is 9.52 Å². The molecular weight excluding hydrogens is 402 g/mol. The lowest BCUT2D eigenvalue weighted by Gasteiger charge is -2.34. The molecule has 0 bridgehead atoms. The van der Waals surface area contributed by atoms with Crippen LogP contribution in [0.15, 0.2) is 58.3 Å². The number of carbonyl (C=O) groups is 1. The Kier molecular flexibility index (Phi) is 6.83. The molecule has 0 atom stereocenters. The van der Waals surface area contributed by atoms with Crippen LogP contribution in [0, 0.1) is 0 Å². The Morgan fingerprint density at radius 1 is 1.07 bits per heavy atom. The number of hydrogen-bond acceptors (Lipinski definition) is 7. The zero-order valence-electron chi connectivity index (χ0n) is 16.7. The van der Waals surface area contributed by atoms with E-state index in [0.717, 1.165) is 18.7 Å². The highest BCUT2D eigenvalue weighted by atomic mass is 32.2. The van der Waals surface area contributed by atoms with E-state index in [-0.39, 0.29) is 12.5 Å². The van der Waals surface area contributed by atoms with Gasteiger partial charge in [-0.25, -0.2) is 0 Å². The molecule has 0 aliphatic carbocycles. The fourth-order valence-electron chi connectivity index (χ4n) is 3.47. The summed E-state index contributed by atoms with van der Waals surface area (Å²) in [5, 5.41) is 18.4. The lowest BCUT2D eigenvalue weighted by Crippen LogP contribution is -2.49. The van der Waals surface area contributed by atoms with Crippen LogP contribution in [0.25, 0.3) is 11.6 Å². The van der Waals surface area contributed by atoms with Gasteiger partial charge in [0.25, 0.3) is 0 Å². The topological polar surface area (TPSA) is 87.6 Å². The van der Waals surface area contributed by atoms with Gasteiger partial charge in [-0.2, -0.15) is 0 Å². The number of piperazine rings is 1. The lowest BCUT2D eigenvalue weighted by atomic mass is 10.2. The number of amides is 1. The lowest BCUT2D eigenvalue weighted by molar-refractivity contribution is -0.130. The minimum Gasteiger partial charge on any atom is -0.461 e. The molecule has 3 heterocycles. The van der Waals surface area contributed by atoms with Gasteiger partial charge in [0.1, 0.15) is 0 Å². The first-order valence-corrected chi connectivity index (χ1v) is 11.0. The highest BCUT2D eigenvalue weighted by molar-refractivity contribution is 7.99. The largest absolute Gasteiger partial charge is 0.461 e. The molecule has 1 aliphatic rings. The molecule has 4 rings (SSSR count). The number of rotatable bonds is 8. The molecule has 1 amide bonds. The van der Waals surface area contributed by atoms with Gasteiger partial charge in [0.2, 0.25) is 11.7 Å². The van der Waals surface area contributed by atoms with E-state index < -0.39 is 0 Å². The molecule has 0 spiro atoms. The predicted octanol–water partition coefficient (Wildman–Crippen LogP) is 1.81. The summed E-state index contributed by atoms with van der Waals surface area (Å²) in [6.07, 6.45) is 1.61. The molecule has 0 radical (unpaired) electrons. The van der Waals surface area contributed by atoms with Gasteiger partial charge in [-0.3, -0.25) is 14.3 Å². The molecule has 158 valence electrons. The number of β-amino-alcohol motifs (C(OH)–C–C–N with tert-alkyl or cyclic N) is 1. The Morgan fingerprint density at radius 3 is 2.57 bits per heavy atom. The fourth-order valence-corrected chi connectivity index (χ4v) is 4.31. The SMILES string of the molecule is O=C(CSc1nnc(-c2ccco2)n1Cc1ccccc1)N1CCN(CCO)CC1. The van der Waals surface area contributed by atoms with E-state index in [2.05, 4.69) is 27.2 Å². The van der Waals surface area contributed by atoms with Crippen LogP contribution in [0.5, 0.6) is 0 Å². The molecule has 1 aliphatic heterocycles. The summed E-state index contributed by atoms with van der Waals surface area (Å²) in [7, 11) is 0. The second-order valence-electron chi connectivity index (χ2n) is 7.09. The van der Waals surface area contributed by atoms with Crippen LogP contribution >= 0.6 is 11.8 Å². The molecule has 1 fully saturated rings. The van der Waals surface area contributed by atoms with Gasteiger partial charge >= 0.3 is 0 Å². The Labute approximate surface area is 179 Å². The van der Waals surface area contributed by atoms with Gasteiger partial charge in [-0.05, 0) is 17.7 Å². The van der Waals surface area contributed by atoms with Crippen molar-refractivity contribution in [2.75, 3.05) is 45.1 Å². The van der Waals surface area contributed by atoms with Crippen molar-refractivity contribution in [1.29, 1.82) is 0 Å². The Hall–Kier alpha value is -2.62. The number of aromatic nitrogens is 3. The Morgan fingerprint density at radius 2 is 1.87 bits per heavy atom. The van der Waals surface area contributed by atoms with Gasteiger partial charge in [0, 0.05) is 32.7 Å². The van der Waals surface area contributed by atoms with Gasteiger partial charge in [0.05, 0.1) is 25.2 Å². The number of aliphatic hydroxyl groups is 1. The first kappa shape index (κ1) is 20.6. The van der Waals surface area contributed by atoms with Crippen molar-refractivity contribution in [2.24, 2.45) is 0 Å². The molecule has 2 aromatic heterocycles. The predicted molar refractivity (Wildman–Crippen MR) is 114 cm³/mol. The van der Waals surface area contributed by atoms with E-state index in [1.54, 1.807) is 6.26 Å². The molecule has 0 unspecified atom stereocenters. The molecule has 1 aromatic carbocycles. The highest BCUT2D eigenvalue weighted by Crippen LogP contribution is 2.26. The summed E-state index contributed by atoms with van der Waals surface area (Å²) in [6, 6.07) is 13.8. The fraction of sp³-hybridized carbons (Fsp3) is 0.381. The summed E-state index contributed by atoms with van der Waals surface area (Å²) < 4.78 is 7.52. The van der Waals surface area contributed by atoms with Crippen LogP contribution in [0.2, 0.25) is 0 Å². The molecular formula is C21H25N5O3S. The van der Waals surface area contributed by atoms with Gasteiger partial charge in [-0.1, -0.05) is 42.1 Å². The normalized spacial score (nSPS) is 14.9. The maximum Gasteiger partial charge on any atom is 0.233 e. The van der Waals surface area contributed by atoms with E-state index >= 15 is 0 Å². The average molecular weight is 428 g/mol. The zero-order valence-corrected chi connectivity index (χ0v) is 17.5. The standard InChI is InChI=1S/C21H25N5O3S/c27-13-12-24-8-10-25(11-9-24)19(28)16-30-21-23-22-20(18-7-4-14-29-18)26(21)15-17-5-2-1-3-6-17/h1-7,14,27H,8-13,15-16H2. The van der Waals surface area contributed by atoms with Crippen LogP contribution in [0.3, 0.4) is 0 Å². The van der Waals surface area contributed by atoms with E-state index in [9.17, 15) is 4.79 Å². The quantitative estimate of drug-likeness (QED) is 0.549. The summed E-state index contributed by atoms with van der Waals surface area (Å²) in [5.41, 5.74) is 1.12. The van der Waals surface area contributed by atoms with Crippen molar-refractivity contribution in [3.8, 4) is 11.6 Å². The molecule has 30 heavy (non-hydrogen) atoms. The second kappa shape index (κ2) is 9.92. The minimum absolute atomic E-state index is 0.0949. The number of hydrogen-bond donors (Lipinski definition) is 1. The third-order valence-corrected chi connectivity index (χ3v) is 6.06. The van der Waals surface area contributed by atoms with Crippen molar-refractivity contribution >= 4 is 17.7 Å². The molecule has 1 N–H and O–H groups in total. The number of thioether (sulfide) groups is 1. The summed E-state index contributed by atoms with van der Waals surface area (Å²) in [5.74, 6) is 1.70. The maximum absolute atomic E-state index is 12.7. The summed E-state index contributed by atoms with van der Waals surface area (Å²) in [6.45, 7) is 4.38. The zero-order chi connectivity index (χ0) is 20.8. The average Bonchev–Trinajstić information content (AvgIpc) is 3.44. The number of nitrogens with zero attached hydrogens (tertiary/aromatic N) is 5. The van der Waals surface area contributed by atoms with Crippen LogP contribution < -0.4 is 0 Å². The third kappa shape index (κ3) is 4.92. The monoisotopic (exact) mass is 427 g/mol. The first-order valence-electron chi connectivity index (χ1n) is 9.99. The van der Waals surface area contributed by atoms with Gasteiger partial charge < -0.3 is 14.4 Å². The van der Waals surface area contributed by atoms with E-state index in [0.29, 0.717) is 48.7 Å². The maximum atomic E-state index is 12.7. The third-order valence-electron chi connectivity index (χ3n) is 5.11. The minimum atomic E-state index is 0.0949. The van der Waals surface area contributed by atoms with Crippen LogP contribution in [0.4, 0.5) is 0 Å². The van der Waals surface area contributed by atoms with Crippen molar-refractivity contribution in [2.45, 2.75) is 11.7 Å².